The second kappa shape index (κ2) is 3.49. The Labute approximate surface area is 93.3 Å². The molecular weight excluding hydrogens is 214 g/mol. The van der Waals surface area contributed by atoms with Gasteiger partial charge >= 0.3 is 0 Å². The fourth-order valence-corrected chi connectivity index (χ4v) is 2.42. The molecule has 0 bridgehead atoms. The van der Waals surface area contributed by atoms with Crippen LogP contribution in [-0.2, 0) is 6.42 Å². The van der Waals surface area contributed by atoms with E-state index in [4.69, 9.17) is 21.1 Å². The Hall–Kier alpha value is -1.09. The summed E-state index contributed by atoms with van der Waals surface area (Å²) in [6.07, 6.45) is 2.13. The van der Waals surface area contributed by atoms with Crippen molar-refractivity contribution < 1.29 is 9.47 Å². The third-order valence-electron chi connectivity index (χ3n) is 2.79. The van der Waals surface area contributed by atoms with E-state index < -0.39 is 0 Å². The molecule has 2 heterocycles. The van der Waals surface area contributed by atoms with Crippen molar-refractivity contribution >= 4 is 17.3 Å². The van der Waals surface area contributed by atoms with E-state index in [0.717, 1.165) is 41.4 Å². The maximum absolute atomic E-state index is 6.30. The predicted molar refractivity (Wildman–Crippen MR) is 59.3 cm³/mol. The van der Waals surface area contributed by atoms with Gasteiger partial charge in [-0.15, -0.1) is 0 Å². The van der Waals surface area contributed by atoms with Gasteiger partial charge in [0.15, 0.2) is 11.5 Å². The maximum atomic E-state index is 6.30. The monoisotopic (exact) mass is 225 g/mol. The lowest BCUT2D eigenvalue weighted by Crippen LogP contribution is -2.18. The molecule has 1 aromatic carbocycles. The molecule has 4 heteroatoms. The Kier molecular flexibility index (Phi) is 2.13. The fourth-order valence-electron chi connectivity index (χ4n) is 2.07. The van der Waals surface area contributed by atoms with Crippen LogP contribution in [0.5, 0.6) is 11.5 Å². The minimum Gasteiger partial charge on any atom is -0.486 e. The van der Waals surface area contributed by atoms with Gasteiger partial charge in [0.05, 0.1) is 5.02 Å². The number of halogens is 1. The van der Waals surface area contributed by atoms with Crippen LogP contribution in [-0.4, -0.2) is 19.8 Å². The van der Waals surface area contributed by atoms with Crippen LogP contribution in [0, 0.1) is 0 Å². The number of benzene rings is 1. The fraction of sp³-hybridized carbons (Fsp3) is 0.455. The molecule has 80 valence electrons. The van der Waals surface area contributed by atoms with Gasteiger partial charge in [0, 0.05) is 18.3 Å². The zero-order valence-corrected chi connectivity index (χ0v) is 9.06. The smallest absolute Gasteiger partial charge is 0.180 e. The molecule has 2 aliphatic rings. The summed E-state index contributed by atoms with van der Waals surface area (Å²) >= 11 is 6.30. The van der Waals surface area contributed by atoms with Crippen molar-refractivity contribution in [3.8, 4) is 11.5 Å². The normalized spacial score (nSPS) is 17.9. The zero-order valence-electron chi connectivity index (χ0n) is 8.31. The minimum atomic E-state index is 0.582. The third-order valence-corrected chi connectivity index (χ3v) is 3.19. The van der Waals surface area contributed by atoms with Crippen LogP contribution < -0.4 is 14.8 Å². The zero-order chi connectivity index (χ0) is 10.3. The third kappa shape index (κ3) is 1.42. The predicted octanol–water partition coefficient (Wildman–Crippen LogP) is 2.47. The summed E-state index contributed by atoms with van der Waals surface area (Å²) in [6.45, 7) is 2.18. The van der Waals surface area contributed by atoms with Gasteiger partial charge < -0.3 is 14.8 Å². The first-order chi connectivity index (χ1) is 7.36. The van der Waals surface area contributed by atoms with Gasteiger partial charge in [0.1, 0.15) is 13.2 Å². The SMILES string of the molecule is Clc1c2c(cc3c1OCCO3)NCCC2. The molecule has 2 aliphatic heterocycles. The van der Waals surface area contributed by atoms with E-state index in [1.807, 2.05) is 6.07 Å². The summed E-state index contributed by atoms with van der Waals surface area (Å²) in [6, 6.07) is 1.99. The van der Waals surface area contributed by atoms with Crippen LogP contribution in [0.2, 0.25) is 5.02 Å². The van der Waals surface area contributed by atoms with Crippen LogP contribution in [0.3, 0.4) is 0 Å². The van der Waals surface area contributed by atoms with Gasteiger partial charge in [-0.3, -0.25) is 0 Å². The summed E-state index contributed by atoms with van der Waals surface area (Å²) in [5, 5.41) is 4.05. The first-order valence-electron chi connectivity index (χ1n) is 5.21. The minimum absolute atomic E-state index is 0.582. The van der Waals surface area contributed by atoms with Gasteiger partial charge in [-0.2, -0.15) is 0 Å². The van der Waals surface area contributed by atoms with Gasteiger partial charge in [-0.1, -0.05) is 11.6 Å². The number of anilines is 1. The van der Waals surface area contributed by atoms with Gasteiger partial charge in [-0.05, 0) is 18.4 Å². The van der Waals surface area contributed by atoms with Crippen LogP contribution in [0.25, 0.3) is 0 Å². The van der Waals surface area contributed by atoms with Crippen molar-refractivity contribution in [2.24, 2.45) is 0 Å². The average Bonchev–Trinajstić information content (AvgIpc) is 2.30. The van der Waals surface area contributed by atoms with Crippen molar-refractivity contribution in [3.05, 3.63) is 16.7 Å². The molecule has 1 N–H and O–H groups in total. The number of hydrogen-bond acceptors (Lipinski definition) is 3. The number of hydrogen-bond donors (Lipinski definition) is 1. The molecule has 3 rings (SSSR count). The second-order valence-electron chi connectivity index (χ2n) is 3.77. The Balaban J connectivity index is 2.16. The summed E-state index contributed by atoms with van der Waals surface area (Å²) in [5.41, 5.74) is 2.25. The number of rotatable bonds is 0. The molecule has 3 nitrogen and oxygen atoms in total. The molecule has 0 atom stereocenters. The van der Waals surface area contributed by atoms with Crippen molar-refractivity contribution in [2.75, 3.05) is 25.1 Å². The van der Waals surface area contributed by atoms with Crippen molar-refractivity contribution in [3.63, 3.8) is 0 Å². The van der Waals surface area contributed by atoms with Crippen molar-refractivity contribution in [1.29, 1.82) is 0 Å². The van der Waals surface area contributed by atoms with Crippen molar-refractivity contribution in [2.45, 2.75) is 12.8 Å². The Morgan fingerprint density at radius 3 is 3.07 bits per heavy atom. The lowest BCUT2D eigenvalue weighted by atomic mass is 10.0. The van der Waals surface area contributed by atoms with E-state index in [0.29, 0.717) is 19.0 Å². The molecular formula is C11H12ClNO2. The van der Waals surface area contributed by atoms with E-state index in [9.17, 15) is 0 Å². The molecule has 0 radical (unpaired) electrons. The molecule has 0 amide bonds. The molecule has 0 fully saturated rings. The van der Waals surface area contributed by atoms with Crippen LogP contribution in [0.1, 0.15) is 12.0 Å². The van der Waals surface area contributed by atoms with Gasteiger partial charge in [-0.25, -0.2) is 0 Å². The van der Waals surface area contributed by atoms with Crippen molar-refractivity contribution in [1.82, 2.24) is 0 Å². The summed E-state index contributed by atoms with van der Waals surface area (Å²) in [5.74, 6) is 1.48. The molecule has 0 unspecified atom stereocenters. The van der Waals surface area contributed by atoms with E-state index >= 15 is 0 Å². The second-order valence-corrected chi connectivity index (χ2v) is 4.15. The molecule has 0 aliphatic carbocycles. The number of nitrogens with one attached hydrogen (secondary N) is 1. The Morgan fingerprint density at radius 1 is 1.27 bits per heavy atom. The quantitative estimate of drug-likeness (QED) is 0.736. The highest BCUT2D eigenvalue weighted by atomic mass is 35.5. The van der Waals surface area contributed by atoms with Gasteiger partial charge in [0.2, 0.25) is 0 Å². The highest BCUT2D eigenvalue weighted by Gasteiger charge is 2.22. The summed E-state index contributed by atoms with van der Waals surface area (Å²) in [4.78, 5) is 0. The average molecular weight is 226 g/mol. The Morgan fingerprint density at radius 2 is 2.13 bits per heavy atom. The molecule has 1 aromatic rings. The van der Waals surface area contributed by atoms with E-state index in [1.54, 1.807) is 0 Å². The highest BCUT2D eigenvalue weighted by molar-refractivity contribution is 6.33. The largest absolute Gasteiger partial charge is 0.486 e. The topological polar surface area (TPSA) is 30.5 Å². The lowest BCUT2D eigenvalue weighted by molar-refractivity contribution is 0.171. The standard InChI is InChI=1S/C11H12ClNO2/c12-10-7-2-1-3-13-8(7)6-9-11(10)15-5-4-14-9/h6,13H,1-5H2. The lowest BCUT2D eigenvalue weighted by Gasteiger charge is -2.25. The first kappa shape index (κ1) is 9.16. The van der Waals surface area contributed by atoms with E-state index in [2.05, 4.69) is 5.32 Å². The summed E-state index contributed by atoms with van der Waals surface area (Å²) in [7, 11) is 0. The van der Waals surface area contributed by atoms with Crippen LogP contribution in [0.4, 0.5) is 5.69 Å². The van der Waals surface area contributed by atoms with Gasteiger partial charge in [0.25, 0.3) is 0 Å². The maximum Gasteiger partial charge on any atom is 0.180 e. The molecule has 15 heavy (non-hydrogen) atoms. The van der Waals surface area contributed by atoms with E-state index in [1.165, 1.54) is 0 Å². The number of ether oxygens (including phenoxy) is 2. The molecule has 0 aromatic heterocycles. The number of fused-ring (bicyclic) bond motifs is 2. The first-order valence-corrected chi connectivity index (χ1v) is 5.59. The summed E-state index contributed by atoms with van der Waals surface area (Å²) < 4.78 is 11.1. The van der Waals surface area contributed by atoms with Crippen LogP contribution in [0.15, 0.2) is 6.07 Å². The highest BCUT2D eigenvalue weighted by Crippen LogP contribution is 2.44. The molecule has 0 saturated heterocycles. The molecule has 0 saturated carbocycles. The molecule has 0 spiro atoms. The van der Waals surface area contributed by atoms with E-state index in [-0.39, 0.29) is 0 Å². The Bertz CT molecular complexity index is 372. The van der Waals surface area contributed by atoms with Crippen LogP contribution >= 0.6 is 11.6 Å².